The third kappa shape index (κ3) is 5.37. The number of fused-ring (bicyclic) bond motifs is 4. The molecular weight excluding hydrogens is 543 g/mol. The van der Waals surface area contributed by atoms with Crippen LogP contribution in [-0.4, -0.2) is 11.3 Å². The van der Waals surface area contributed by atoms with Gasteiger partial charge in [0, 0.05) is 0 Å². The summed E-state index contributed by atoms with van der Waals surface area (Å²) >= 11 is 0. The first-order chi connectivity index (χ1) is 21.1. The smallest absolute Gasteiger partial charge is 0.233 e. The van der Waals surface area contributed by atoms with Crippen LogP contribution < -0.4 is 21.1 Å². The molecule has 232 valence electrons. The number of hydrogen-bond acceptors (Lipinski definition) is 0. The Kier molecular flexibility index (Phi) is 7.70. The van der Waals surface area contributed by atoms with Crippen LogP contribution in [0.15, 0.2) is 72.9 Å². The minimum Gasteiger partial charge on any atom is -0.233 e. The van der Waals surface area contributed by atoms with Crippen LogP contribution in [0, 0.1) is 12.3 Å². The topological polar surface area (TPSA) is 8.81 Å². The number of aryl methyl sites for hydroxylation is 2. The number of imidazole rings is 1. The van der Waals surface area contributed by atoms with E-state index >= 15 is 0 Å². The van der Waals surface area contributed by atoms with E-state index in [1.807, 2.05) is 0 Å². The Labute approximate surface area is 272 Å². The standard InChI is InChI=1S/C42H52BN2/c1-26(2)30-18-15-19-31(27(3)4)39(30)43-36-22-29(24-41(6,7)8)20-21-37(36)45-38(43)25-44(12)40(45)34-23-35(42(9,10)11)33-17-14-13-16-32(33)28(34)5/h13-23,25-27H,24H2,1-12H3/q+1. The summed E-state index contributed by atoms with van der Waals surface area (Å²) in [6.07, 6.45) is 3.49. The van der Waals surface area contributed by atoms with E-state index < -0.39 is 0 Å². The van der Waals surface area contributed by atoms with Gasteiger partial charge in [-0.1, -0.05) is 129 Å². The van der Waals surface area contributed by atoms with Gasteiger partial charge in [0.15, 0.2) is 0 Å². The van der Waals surface area contributed by atoms with Gasteiger partial charge in [-0.15, -0.1) is 0 Å². The van der Waals surface area contributed by atoms with E-state index in [0.29, 0.717) is 11.8 Å². The highest BCUT2D eigenvalue weighted by atomic mass is 15.2. The van der Waals surface area contributed by atoms with Crippen LogP contribution in [0.2, 0.25) is 0 Å². The summed E-state index contributed by atoms with van der Waals surface area (Å²) in [6, 6.07) is 25.8. The average Bonchev–Trinajstić information content (AvgIpc) is 3.43. The highest BCUT2D eigenvalue weighted by Gasteiger charge is 2.45. The van der Waals surface area contributed by atoms with Gasteiger partial charge in [-0.25, -0.2) is 9.13 Å². The molecule has 1 aromatic heterocycles. The van der Waals surface area contributed by atoms with Gasteiger partial charge < -0.3 is 0 Å². The molecule has 0 radical (unpaired) electrons. The van der Waals surface area contributed by atoms with Gasteiger partial charge in [-0.2, -0.15) is 0 Å². The Bertz CT molecular complexity index is 1900. The molecule has 0 spiro atoms. The number of benzene rings is 4. The Balaban J connectivity index is 1.71. The molecule has 0 N–H and O–H groups in total. The molecule has 1 aliphatic rings. The normalized spacial score (nSPS) is 13.3. The summed E-state index contributed by atoms with van der Waals surface area (Å²) < 4.78 is 5.00. The van der Waals surface area contributed by atoms with E-state index in [2.05, 4.69) is 165 Å². The Morgan fingerprint density at radius 1 is 0.778 bits per heavy atom. The SMILES string of the molecule is Cc1c(-c2n3c(c[n+]2C)B(c2c(C(C)C)cccc2C(C)C)c2cc(CC(C)(C)C)ccc2-3)cc(C(C)(C)C)c2ccccc12. The lowest BCUT2D eigenvalue weighted by atomic mass is 9.37. The van der Waals surface area contributed by atoms with Crippen LogP contribution in [0.4, 0.5) is 0 Å². The van der Waals surface area contributed by atoms with Crippen LogP contribution in [0.5, 0.6) is 0 Å². The van der Waals surface area contributed by atoms with E-state index in [4.69, 9.17) is 0 Å². The highest BCUT2D eigenvalue weighted by Crippen LogP contribution is 2.38. The molecule has 45 heavy (non-hydrogen) atoms. The van der Waals surface area contributed by atoms with Crippen molar-refractivity contribution in [1.82, 2.24) is 4.57 Å². The lowest BCUT2D eigenvalue weighted by Crippen LogP contribution is -2.53. The fourth-order valence-corrected chi connectivity index (χ4v) is 7.90. The molecule has 0 unspecified atom stereocenters. The monoisotopic (exact) mass is 595 g/mol. The minimum atomic E-state index is 0.0196. The zero-order chi connectivity index (χ0) is 32.6. The van der Waals surface area contributed by atoms with Crippen molar-refractivity contribution in [1.29, 1.82) is 0 Å². The molecule has 4 aromatic carbocycles. The summed E-state index contributed by atoms with van der Waals surface area (Å²) in [6.45, 7) is 26.0. The molecule has 2 heterocycles. The van der Waals surface area contributed by atoms with Crippen LogP contribution in [-0.2, 0) is 18.9 Å². The fourth-order valence-electron chi connectivity index (χ4n) is 7.90. The van der Waals surface area contributed by atoms with Gasteiger partial charge in [0.25, 0.3) is 5.82 Å². The molecular formula is C42H52BN2+. The third-order valence-corrected chi connectivity index (χ3v) is 9.87. The first-order valence-corrected chi connectivity index (χ1v) is 17.0. The Hall–Kier alpha value is -3.59. The Morgan fingerprint density at radius 3 is 1.98 bits per heavy atom. The third-order valence-electron chi connectivity index (χ3n) is 9.87. The average molecular weight is 596 g/mol. The first kappa shape index (κ1) is 31.4. The highest BCUT2D eigenvalue weighted by molar-refractivity contribution is 6.97. The van der Waals surface area contributed by atoms with E-state index in [0.717, 1.165) is 6.42 Å². The number of rotatable bonds is 5. The van der Waals surface area contributed by atoms with Gasteiger partial charge in [0.1, 0.15) is 17.5 Å². The van der Waals surface area contributed by atoms with Gasteiger partial charge in [0.05, 0.1) is 12.6 Å². The lowest BCUT2D eigenvalue weighted by Gasteiger charge is -2.24. The maximum Gasteiger partial charge on any atom is 0.303 e. The fraction of sp³-hybridized carbons (Fsp3) is 0.405. The van der Waals surface area contributed by atoms with Crippen molar-refractivity contribution in [2.75, 3.05) is 0 Å². The predicted molar refractivity (Wildman–Crippen MR) is 196 cm³/mol. The van der Waals surface area contributed by atoms with Crippen molar-refractivity contribution in [3.63, 3.8) is 0 Å². The molecule has 6 rings (SSSR count). The van der Waals surface area contributed by atoms with Crippen molar-refractivity contribution >= 4 is 34.0 Å². The van der Waals surface area contributed by atoms with Crippen LogP contribution in [0.25, 0.3) is 27.8 Å². The maximum atomic E-state index is 2.60. The molecule has 0 atom stereocenters. The molecule has 3 heteroatoms. The van der Waals surface area contributed by atoms with E-state index in [1.54, 1.807) is 0 Å². The second-order valence-corrected chi connectivity index (χ2v) is 16.4. The number of hydrogen-bond donors (Lipinski definition) is 0. The van der Waals surface area contributed by atoms with Crippen LogP contribution >= 0.6 is 0 Å². The number of aromatic nitrogens is 2. The van der Waals surface area contributed by atoms with Gasteiger partial charge in [-0.05, 0) is 92.2 Å². The summed E-state index contributed by atoms with van der Waals surface area (Å²) in [5, 5.41) is 2.71. The molecule has 1 aliphatic heterocycles. The Morgan fingerprint density at radius 2 is 1.40 bits per heavy atom. The van der Waals surface area contributed by atoms with Gasteiger partial charge in [0.2, 0.25) is 0 Å². The second-order valence-electron chi connectivity index (χ2n) is 16.4. The molecule has 0 fully saturated rings. The molecule has 0 aliphatic carbocycles. The molecule has 5 aromatic rings. The molecule has 0 saturated heterocycles. The van der Waals surface area contributed by atoms with E-state index in [-0.39, 0.29) is 17.5 Å². The zero-order valence-corrected chi connectivity index (χ0v) is 29.8. The summed E-state index contributed by atoms with van der Waals surface area (Å²) in [4.78, 5) is 0. The van der Waals surface area contributed by atoms with Crippen molar-refractivity contribution in [3.8, 4) is 17.1 Å². The molecule has 2 nitrogen and oxygen atoms in total. The summed E-state index contributed by atoms with van der Waals surface area (Å²) in [5.74, 6) is 2.14. The first-order valence-electron chi connectivity index (χ1n) is 17.0. The van der Waals surface area contributed by atoms with Crippen molar-refractivity contribution in [2.45, 2.75) is 99.8 Å². The van der Waals surface area contributed by atoms with Gasteiger partial charge >= 0.3 is 6.71 Å². The lowest BCUT2D eigenvalue weighted by molar-refractivity contribution is -0.659. The van der Waals surface area contributed by atoms with E-state index in [9.17, 15) is 0 Å². The van der Waals surface area contributed by atoms with Gasteiger partial charge in [-0.3, -0.25) is 0 Å². The van der Waals surface area contributed by atoms with Crippen LogP contribution in [0.1, 0.15) is 109 Å². The van der Waals surface area contributed by atoms with Crippen LogP contribution in [0.3, 0.4) is 0 Å². The number of nitrogens with zero attached hydrogens (tertiary/aromatic N) is 2. The summed E-state index contributed by atoms with van der Waals surface area (Å²) in [7, 11) is 2.24. The van der Waals surface area contributed by atoms with E-state index in [1.165, 1.54) is 72.2 Å². The molecule has 0 saturated carbocycles. The predicted octanol–water partition coefficient (Wildman–Crippen LogP) is 8.39. The van der Waals surface area contributed by atoms with Crippen molar-refractivity contribution < 1.29 is 4.57 Å². The zero-order valence-electron chi connectivity index (χ0n) is 29.8. The van der Waals surface area contributed by atoms with Crippen molar-refractivity contribution in [2.24, 2.45) is 12.5 Å². The largest absolute Gasteiger partial charge is 0.303 e. The minimum absolute atomic E-state index is 0.0196. The quantitative estimate of drug-likeness (QED) is 0.140. The molecule has 0 amide bonds. The molecule has 0 bridgehead atoms. The second kappa shape index (κ2) is 11.0. The van der Waals surface area contributed by atoms with Crippen molar-refractivity contribution in [3.05, 3.63) is 101 Å². The maximum absolute atomic E-state index is 2.60. The summed E-state index contributed by atoms with van der Waals surface area (Å²) in [5.41, 5.74) is 14.3.